The van der Waals surface area contributed by atoms with Gasteiger partial charge in [-0.05, 0) is 38.0 Å². The van der Waals surface area contributed by atoms with Crippen molar-refractivity contribution < 1.29 is 17.2 Å². The van der Waals surface area contributed by atoms with Crippen LogP contribution >= 0.6 is 15.9 Å². The highest BCUT2D eigenvalue weighted by molar-refractivity contribution is 9.10. The van der Waals surface area contributed by atoms with E-state index in [1.807, 2.05) is 0 Å². The fourth-order valence-corrected chi connectivity index (χ4v) is 3.83. The van der Waals surface area contributed by atoms with Gasteiger partial charge in [-0.2, -0.15) is 0 Å². The van der Waals surface area contributed by atoms with Crippen LogP contribution in [0.1, 0.15) is 25.3 Å². The Balaban J connectivity index is 2.62. The van der Waals surface area contributed by atoms with Crippen LogP contribution in [0.3, 0.4) is 0 Å². The summed E-state index contributed by atoms with van der Waals surface area (Å²) in [6, 6.07) is 4.17. The molecule has 4 nitrogen and oxygen atoms in total. The van der Waals surface area contributed by atoms with Crippen molar-refractivity contribution >= 4 is 31.6 Å². The van der Waals surface area contributed by atoms with Gasteiger partial charge >= 0.3 is 0 Å². The molecule has 1 aromatic carbocycles. The predicted molar refractivity (Wildman–Crippen MR) is 85.9 cm³/mol. The highest BCUT2D eigenvalue weighted by Gasteiger charge is 2.49. The average molecular weight is 395 g/mol. The number of nitrogens with two attached hydrogens (primary N) is 1. The van der Waals surface area contributed by atoms with Gasteiger partial charge in [-0.3, -0.25) is 4.99 Å². The summed E-state index contributed by atoms with van der Waals surface area (Å²) in [5.41, 5.74) is 4.43. The van der Waals surface area contributed by atoms with Gasteiger partial charge in [0.25, 0.3) is 0 Å². The van der Waals surface area contributed by atoms with Gasteiger partial charge in [0, 0.05) is 16.3 Å². The van der Waals surface area contributed by atoms with Crippen LogP contribution in [0.2, 0.25) is 0 Å². The fourth-order valence-electron chi connectivity index (χ4n) is 2.57. The third-order valence-electron chi connectivity index (χ3n) is 4.36. The second-order valence-corrected chi connectivity index (χ2v) is 9.15. The number of alkyl halides is 1. The number of halogens is 3. The zero-order valence-corrected chi connectivity index (χ0v) is 14.6. The Kier molecular flexibility index (Phi) is 4.38. The van der Waals surface area contributed by atoms with Crippen molar-refractivity contribution in [3.8, 4) is 0 Å². The van der Waals surface area contributed by atoms with Gasteiger partial charge in [0.2, 0.25) is 0 Å². The Morgan fingerprint density at radius 2 is 2.05 bits per heavy atom. The van der Waals surface area contributed by atoms with E-state index in [1.165, 1.54) is 25.1 Å². The van der Waals surface area contributed by atoms with E-state index in [4.69, 9.17) is 5.73 Å². The molecule has 1 heterocycles. The molecule has 8 heteroatoms. The molecule has 0 fully saturated rings. The van der Waals surface area contributed by atoms with E-state index in [0.29, 0.717) is 4.47 Å². The smallest absolute Gasteiger partial charge is 0.160 e. The van der Waals surface area contributed by atoms with Gasteiger partial charge in [0.05, 0.1) is 0 Å². The van der Waals surface area contributed by atoms with Gasteiger partial charge in [-0.25, -0.2) is 17.2 Å². The van der Waals surface area contributed by atoms with E-state index in [-0.39, 0.29) is 24.2 Å². The first-order valence-electron chi connectivity index (χ1n) is 6.63. The van der Waals surface area contributed by atoms with Crippen molar-refractivity contribution in [2.75, 3.05) is 12.9 Å². The molecule has 122 valence electrons. The minimum atomic E-state index is -3.51. The molecule has 2 N–H and O–H groups in total. The summed E-state index contributed by atoms with van der Waals surface area (Å²) in [5.74, 6) is -0.779. The van der Waals surface area contributed by atoms with E-state index >= 15 is 0 Å². The summed E-state index contributed by atoms with van der Waals surface area (Å²) in [6.07, 6.45) is 1.20. The largest absolute Gasteiger partial charge is 0.386 e. The highest BCUT2D eigenvalue weighted by atomic mass is 79.9. The monoisotopic (exact) mass is 394 g/mol. The molecule has 0 amide bonds. The highest BCUT2D eigenvalue weighted by Crippen LogP contribution is 2.42. The summed E-state index contributed by atoms with van der Waals surface area (Å²) < 4.78 is 51.0. The maximum atomic E-state index is 14.1. The van der Waals surface area contributed by atoms with Crippen LogP contribution in [0, 0.1) is 5.82 Å². The molecule has 0 radical (unpaired) electrons. The first-order valence-corrected chi connectivity index (χ1v) is 9.31. The van der Waals surface area contributed by atoms with Crippen molar-refractivity contribution in [3.63, 3.8) is 0 Å². The van der Waals surface area contributed by atoms with Crippen molar-refractivity contribution in [1.82, 2.24) is 0 Å². The Bertz CT molecular complexity index is 738. The van der Waals surface area contributed by atoms with Gasteiger partial charge in [-0.1, -0.05) is 15.9 Å². The zero-order chi connectivity index (χ0) is 16.8. The van der Waals surface area contributed by atoms with E-state index in [9.17, 15) is 17.2 Å². The second kappa shape index (κ2) is 5.56. The number of hydrogen-bond donors (Lipinski definition) is 1. The first-order chi connectivity index (χ1) is 10.1. The lowest BCUT2D eigenvalue weighted by molar-refractivity contribution is 0.266. The number of sulfone groups is 1. The second-order valence-electron chi connectivity index (χ2n) is 5.79. The molecule has 1 aliphatic rings. The third-order valence-corrected chi connectivity index (χ3v) is 6.90. The molecule has 2 rings (SSSR count). The fraction of sp³-hybridized carbons (Fsp3) is 0.500. The Hall–Kier alpha value is -1.02. The molecule has 0 unspecified atom stereocenters. The molecule has 22 heavy (non-hydrogen) atoms. The van der Waals surface area contributed by atoms with Crippen molar-refractivity contribution in [2.24, 2.45) is 10.7 Å². The third kappa shape index (κ3) is 2.67. The number of benzene rings is 1. The SMILES string of the molecule is C[C@@]1(S(C)(=O)=O)CC[C@@](CF)(c2cc(Br)ccc2F)N=C1N. The normalized spacial score (nSPS) is 29.2. The number of hydrogen-bond acceptors (Lipinski definition) is 4. The maximum absolute atomic E-state index is 14.1. The van der Waals surface area contributed by atoms with Crippen LogP contribution in [0.4, 0.5) is 8.78 Å². The molecule has 0 saturated carbocycles. The van der Waals surface area contributed by atoms with Gasteiger partial charge in [0.15, 0.2) is 9.84 Å². The van der Waals surface area contributed by atoms with Crippen LogP contribution in [0.25, 0.3) is 0 Å². The lowest BCUT2D eigenvalue weighted by atomic mass is 9.81. The molecular weight excluding hydrogens is 378 g/mol. The van der Waals surface area contributed by atoms with Crippen molar-refractivity contribution in [1.29, 1.82) is 0 Å². The van der Waals surface area contributed by atoms with Crippen LogP contribution in [0.15, 0.2) is 27.7 Å². The summed E-state index contributed by atoms with van der Waals surface area (Å²) in [7, 11) is -3.51. The molecule has 0 spiro atoms. The summed E-state index contributed by atoms with van der Waals surface area (Å²) in [6.45, 7) is 0.501. The van der Waals surface area contributed by atoms with Gasteiger partial charge < -0.3 is 5.73 Å². The standard InChI is InChI=1S/C14H17BrF2N2O2S/c1-13(22(2,20)21)5-6-14(8-16,19-12(13)18)10-7-9(15)3-4-11(10)17/h3-4,7H,5-6,8H2,1-2H3,(H2,18,19)/t13-,14-/m1/s1. The topological polar surface area (TPSA) is 72.5 Å². The molecule has 0 aliphatic carbocycles. The van der Waals surface area contributed by atoms with E-state index in [1.54, 1.807) is 0 Å². The summed E-state index contributed by atoms with van der Waals surface area (Å²) in [4.78, 5) is 4.10. The summed E-state index contributed by atoms with van der Waals surface area (Å²) in [5, 5.41) is 0. The first kappa shape index (κ1) is 17.3. The molecule has 1 aromatic rings. The quantitative estimate of drug-likeness (QED) is 0.856. The predicted octanol–water partition coefficient (Wildman–Crippen LogP) is 2.71. The molecule has 0 aromatic heterocycles. The molecular formula is C14H17BrF2N2O2S. The number of nitrogens with zero attached hydrogens (tertiary/aromatic N) is 1. The van der Waals surface area contributed by atoms with Gasteiger partial charge in [-0.15, -0.1) is 0 Å². The number of aliphatic imine (C=N–C) groups is 1. The van der Waals surface area contributed by atoms with Crippen LogP contribution < -0.4 is 5.73 Å². The molecule has 0 bridgehead atoms. The zero-order valence-electron chi connectivity index (χ0n) is 12.2. The lowest BCUT2D eigenvalue weighted by Gasteiger charge is -2.39. The maximum Gasteiger partial charge on any atom is 0.160 e. The number of rotatable bonds is 3. The molecule has 1 aliphatic heterocycles. The van der Waals surface area contributed by atoms with Crippen LogP contribution in [-0.2, 0) is 15.4 Å². The average Bonchev–Trinajstić information content (AvgIpc) is 2.43. The van der Waals surface area contributed by atoms with Crippen molar-refractivity contribution in [3.05, 3.63) is 34.1 Å². The Morgan fingerprint density at radius 1 is 1.41 bits per heavy atom. The molecule has 2 atom stereocenters. The minimum Gasteiger partial charge on any atom is -0.386 e. The number of amidine groups is 1. The van der Waals surface area contributed by atoms with E-state index in [2.05, 4.69) is 20.9 Å². The van der Waals surface area contributed by atoms with Crippen LogP contribution in [0.5, 0.6) is 0 Å². The van der Waals surface area contributed by atoms with Crippen molar-refractivity contribution in [2.45, 2.75) is 30.1 Å². The summed E-state index contributed by atoms with van der Waals surface area (Å²) >= 11 is 3.22. The minimum absolute atomic E-state index is 0.0567. The van der Waals surface area contributed by atoms with E-state index < -0.39 is 32.6 Å². The Labute approximate surface area is 136 Å². The van der Waals surface area contributed by atoms with E-state index in [0.717, 1.165) is 6.26 Å². The van der Waals surface area contributed by atoms with Crippen LogP contribution in [-0.4, -0.2) is 31.9 Å². The molecule has 0 saturated heterocycles. The Morgan fingerprint density at radius 3 is 2.55 bits per heavy atom. The lowest BCUT2D eigenvalue weighted by Crippen LogP contribution is -2.53. The van der Waals surface area contributed by atoms with Gasteiger partial charge in [0.1, 0.15) is 28.6 Å².